The van der Waals surface area contributed by atoms with Crippen molar-refractivity contribution < 1.29 is 9.53 Å². The van der Waals surface area contributed by atoms with Gasteiger partial charge in [0.1, 0.15) is 0 Å². The fourth-order valence-corrected chi connectivity index (χ4v) is 2.93. The molecule has 1 heterocycles. The topological polar surface area (TPSA) is 26.3 Å². The Kier molecular flexibility index (Phi) is 3.92. The molecule has 1 aliphatic rings. The van der Waals surface area contributed by atoms with Crippen molar-refractivity contribution in [1.29, 1.82) is 0 Å². The van der Waals surface area contributed by atoms with Crippen LogP contribution in [0.2, 0.25) is 0 Å². The summed E-state index contributed by atoms with van der Waals surface area (Å²) in [5, 5.41) is 1.48. The highest BCUT2D eigenvalue weighted by Gasteiger charge is 2.22. The Balaban J connectivity index is 2.11. The number of hydrogen-bond donors (Lipinski definition) is 0. The van der Waals surface area contributed by atoms with Crippen LogP contribution in [0.15, 0.2) is 0 Å². The Morgan fingerprint density at radius 2 is 2.33 bits per heavy atom. The second-order valence-corrected chi connectivity index (χ2v) is 5.00. The van der Waals surface area contributed by atoms with Crippen molar-refractivity contribution in [3.05, 3.63) is 0 Å². The van der Waals surface area contributed by atoms with Gasteiger partial charge in [0.25, 0.3) is 0 Å². The van der Waals surface area contributed by atoms with Crippen LogP contribution in [0, 0.1) is 0 Å². The maximum atomic E-state index is 10.8. The molecule has 0 aliphatic carbocycles. The summed E-state index contributed by atoms with van der Waals surface area (Å²) in [5.41, 5.74) is 0. The molecule has 1 rings (SSSR count). The Labute approximate surface area is 78.1 Å². The zero-order valence-corrected chi connectivity index (χ0v) is 8.52. The molecule has 3 heteroatoms. The number of esters is 1. The standard InChI is InChI=1S/C9H16O2S/c1-7-3-4-8(12-7)5-6-9(10)11-2/h7-8H,3-6H2,1-2H3. The molecule has 0 N–H and O–H groups in total. The van der Waals surface area contributed by atoms with E-state index in [4.69, 9.17) is 0 Å². The number of hydrogen-bond acceptors (Lipinski definition) is 3. The molecule has 2 atom stereocenters. The largest absolute Gasteiger partial charge is 0.469 e. The maximum absolute atomic E-state index is 10.8. The highest BCUT2D eigenvalue weighted by atomic mass is 32.2. The van der Waals surface area contributed by atoms with Crippen LogP contribution < -0.4 is 0 Å². The Morgan fingerprint density at radius 3 is 2.83 bits per heavy atom. The fraction of sp³-hybridized carbons (Fsp3) is 0.889. The molecule has 12 heavy (non-hydrogen) atoms. The first-order valence-electron chi connectivity index (χ1n) is 4.44. The minimum absolute atomic E-state index is 0.0739. The molecule has 0 bridgehead atoms. The first kappa shape index (κ1) is 9.90. The third-order valence-electron chi connectivity index (χ3n) is 2.22. The predicted molar refractivity (Wildman–Crippen MR) is 51.3 cm³/mol. The zero-order chi connectivity index (χ0) is 8.97. The molecule has 0 radical (unpaired) electrons. The lowest BCUT2D eigenvalue weighted by molar-refractivity contribution is -0.140. The Bertz CT molecular complexity index is 159. The van der Waals surface area contributed by atoms with E-state index in [-0.39, 0.29) is 5.97 Å². The molecular weight excluding hydrogens is 172 g/mol. The van der Waals surface area contributed by atoms with Crippen molar-refractivity contribution in [2.75, 3.05) is 7.11 Å². The van der Waals surface area contributed by atoms with Gasteiger partial charge in [-0.1, -0.05) is 6.92 Å². The van der Waals surface area contributed by atoms with Gasteiger partial charge in [-0.25, -0.2) is 0 Å². The van der Waals surface area contributed by atoms with E-state index in [0.717, 1.165) is 11.7 Å². The van der Waals surface area contributed by atoms with E-state index in [2.05, 4.69) is 11.7 Å². The number of carbonyl (C=O) groups excluding carboxylic acids is 1. The smallest absolute Gasteiger partial charge is 0.305 e. The van der Waals surface area contributed by atoms with Gasteiger partial charge in [-0.2, -0.15) is 11.8 Å². The van der Waals surface area contributed by atoms with Crippen LogP contribution in [0.5, 0.6) is 0 Å². The summed E-state index contributed by atoms with van der Waals surface area (Å²) in [5.74, 6) is -0.0739. The highest BCUT2D eigenvalue weighted by molar-refractivity contribution is 8.00. The van der Waals surface area contributed by atoms with Crippen LogP contribution in [-0.2, 0) is 9.53 Å². The molecule has 1 fully saturated rings. The first-order chi connectivity index (χ1) is 5.72. The monoisotopic (exact) mass is 188 g/mol. The van der Waals surface area contributed by atoms with Gasteiger partial charge >= 0.3 is 5.97 Å². The summed E-state index contributed by atoms with van der Waals surface area (Å²) >= 11 is 2.01. The van der Waals surface area contributed by atoms with E-state index in [9.17, 15) is 4.79 Å². The fourth-order valence-electron chi connectivity index (χ4n) is 1.48. The average molecular weight is 188 g/mol. The van der Waals surface area contributed by atoms with Crippen LogP contribution in [0.4, 0.5) is 0 Å². The van der Waals surface area contributed by atoms with Crippen molar-refractivity contribution >= 4 is 17.7 Å². The number of rotatable bonds is 3. The minimum atomic E-state index is -0.0739. The Hall–Kier alpha value is -0.180. The molecule has 70 valence electrons. The van der Waals surface area contributed by atoms with Gasteiger partial charge in [0.2, 0.25) is 0 Å². The summed E-state index contributed by atoms with van der Waals surface area (Å²) in [6, 6.07) is 0. The Morgan fingerprint density at radius 1 is 1.58 bits per heavy atom. The van der Waals surface area contributed by atoms with Crippen molar-refractivity contribution in [3.8, 4) is 0 Å². The molecule has 1 aliphatic heterocycles. The van der Waals surface area contributed by atoms with Gasteiger partial charge in [0.15, 0.2) is 0 Å². The van der Waals surface area contributed by atoms with Crippen LogP contribution in [0.3, 0.4) is 0 Å². The van der Waals surface area contributed by atoms with E-state index in [1.54, 1.807) is 0 Å². The van der Waals surface area contributed by atoms with Gasteiger partial charge in [0.05, 0.1) is 7.11 Å². The molecule has 0 spiro atoms. The van der Waals surface area contributed by atoms with E-state index in [0.29, 0.717) is 11.7 Å². The van der Waals surface area contributed by atoms with Crippen LogP contribution in [0.1, 0.15) is 32.6 Å². The van der Waals surface area contributed by atoms with E-state index in [1.807, 2.05) is 11.8 Å². The first-order valence-corrected chi connectivity index (χ1v) is 5.39. The normalized spacial score (nSPS) is 28.8. The van der Waals surface area contributed by atoms with Gasteiger partial charge in [-0.15, -0.1) is 0 Å². The van der Waals surface area contributed by atoms with Gasteiger partial charge in [-0.05, 0) is 19.3 Å². The number of ether oxygens (including phenoxy) is 1. The molecule has 0 aromatic carbocycles. The molecule has 0 saturated carbocycles. The van der Waals surface area contributed by atoms with E-state index in [1.165, 1.54) is 20.0 Å². The van der Waals surface area contributed by atoms with Gasteiger partial charge in [0, 0.05) is 16.9 Å². The van der Waals surface area contributed by atoms with Crippen LogP contribution in [-0.4, -0.2) is 23.6 Å². The lowest BCUT2D eigenvalue weighted by atomic mass is 10.1. The summed E-state index contributed by atoms with van der Waals surface area (Å²) in [4.78, 5) is 10.8. The zero-order valence-electron chi connectivity index (χ0n) is 7.71. The van der Waals surface area contributed by atoms with Gasteiger partial charge < -0.3 is 4.74 Å². The molecule has 0 amide bonds. The highest BCUT2D eigenvalue weighted by Crippen LogP contribution is 2.35. The summed E-state index contributed by atoms with van der Waals surface area (Å²) < 4.78 is 4.59. The molecule has 2 nitrogen and oxygen atoms in total. The van der Waals surface area contributed by atoms with Crippen molar-refractivity contribution in [2.45, 2.75) is 43.1 Å². The lowest BCUT2D eigenvalue weighted by Crippen LogP contribution is -2.05. The summed E-state index contributed by atoms with van der Waals surface area (Å²) in [6.45, 7) is 2.25. The molecule has 0 aromatic heterocycles. The summed E-state index contributed by atoms with van der Waals surface area (Å²) in [6.07, 6.45) is 4.14. The van der Waals surface area contributed by atoms with Crippen LogP contribution in [0.25, 0.3) is 0 Å². The number of methoxy groups -OCH3 is 1. The van der Waals surface area contributed by atoms with E-state index < -0.39 is 0 Å². The van der Waals surface area contributed by atoms with Crippen LogP contribution >= 0.6 is 11.8 Å². The maximum Gasteiger partial charge on any atom is 0.305 e. The van der Waals surface area contributed by atoms with Crippen molar-refractivity contribution in [1.82, 2.24) is 0 Å². The van der Waals surface area contributed by atoms with E-state index >= 15 is 0 Å². The van der Waals surface area contributed by atoms with Crippen molar-refractivity contribution in [3.63, 3.8) is 0 Å². The van der Waals surface area contributed by atoms with Crippen molar-refractivity contribution in [2.24, 2.45) is 0 Å². The second-order valence-electron chi connectivity index (χ2n) is 3.26. The molecule has 1 saturated heterocycles. The number of carbonyl (C=O) groups is 1. The quantitative estimate of drug-likeness (QED) is 0.635. The third kappa shape index (κ3) is 3.05. The minimum Gasteiger partial charge on any atom is -0.469 e. The molecule has 0 aromatic rings. The third-order valence-corrected chi connectivity index (χ3v) is 3.77. The summed E-state index contributed by atoms with van der Waals surface area (Å²) in [7, 11) is 1.45. The molecule has 2 unspecified atom stereocenters. The SMILES string of the molecule is COC(=O)CCC1CCC(C)S1. The van der Waals surface area contributed by atoms with Gasteiger partial charge in [-0.3, -0.25) is 4.79 Å². The number of thioether (sulfide) groups is 1. The molecular formula is C9H16O2S. The average Bonchev–Trinajstić information content (AvgIpc) is 2.47. The predicted octanol–water partition coefficient (Wildman–Crippen LogP) is 2.22. The lowest BCUT2D eigenvalue weighted by Gasteiger charge is -2.07. The second kappa shape index (κ2) is 4.75.